The van der Waals surface area contributed by atoms with Crippen LogP contribution in [-0.4, -0.2) is 36.0 Å². The molecule has 2 aliphatic rings. The summed E-state index contributed by atoms with van der Waals surface area (Å²) in [4.78, 5) is 28.1. The molecular weight excluding hydrogens is 392 g/mol. The van der Waals surface area contributed by atoms with Gasteiger partial charge in [-0.2, -0.15) is 0 Å². The van der Waals surface area contributed by atoms with Gasteiger partial charge in [-0.1, -0.05) is 48.5 Å². The molecule has 156 valence electrons. The second-order valence-corrected chi connectivity index (χ2v) is 7.64. The first kappa shape index (κ1) is 19.2. The summed E-state index contributed by atoms with van der Waals surface area (Å²) >= 11 is 0. The maximum atomic E-state index is 13.4. The minimum atomic E-state index is -0.643. The molecule has 3 aromatic carbocycles. The lowest BCUT2D eigenvalue weighted by Crippen LogP contribution is -2.45. The Kier molecular flexibility index (Phi) is 5.04. The van der Waals surface area contributed by atoms with Crippen molar-refractivity contribution < 1.29 is 19.1 Å². The summed E-state index contributed by atoms with van der Waals surface area (Å²) in [6, 6.07) is 21.9. The lowest BCUT2D eigenvalue weighted by molar-refractivity contribution is -0.120. The zero-order valence-electron chi connectivity index (χ0n) is 16.9. The Bertz CT molecular complexity index is 1130. The van der Waals surface area contributed by atoms with E-state index in [4.69, 9.17) is 9.47 Å². The predicted molar refractivity (Wildman–Crippen MR) is 116 cm³/mol. The number of amides is 2. The Morgan fingerprint density at radius 1 is 0.935 bits per heavy atom. The van der Waals surface area contributed by atoms with Crippen LogP contribution in [0.4, 0.5) is 5.69 Å². The van der Waals surface area contributed by atoms with Gasteiger partial charge in [0, 0.05) is 30.3 Å². The van der Waals surface area contributed by atoms with Crippen molar-refractivity contribution in [2.45, 2.75) is 19.0 Å². The topological polar surface area (TPSA) is 67.9 Å². The Morgan fingerprint density at radius 3 is 2.48 bits per heavy atom. The van der Waals surface area contributed by atoms with Crippen LogP contribution in [0.2, 0.25) is 0 Å². The Hall–Kier alpha value is -3.80. The van der Waals surface area contributed by atoms with Crippen LogP contribution >= 0.6 is 0 Å². The van der Waals surface area contributed by atoms with Gasteiger partial charge >= 0.3 is 0 Å². The molecule has 0 fully saturated rings. The third kappa shape index (κ3) is 3.84. The zero-order chi connectivity index (χ0) is 21.2. The number of benzene rings is 3. The molecule has 1 atom stereocenters. The van der Waals surface area contributed by atoms with E-state index in [0.717, 1.165) is 11.1 Å². The van der Waals surface area contributed by atoms with Crippen molar-refractivity contribution in [1.29, 1.82) is 0 Å². The van der Waals surface area contributed by atoms with Gasteiger partial charge in [-0.3, -0.25) is 9.59 Å². The molecule has 2 aliphatic heterocycles. The fourth-order valence-electron chi connectivity index (χ4n) is 4.06. The Labute approximate surface area is 180 Å². The van der Waals surface area contributed by atoms with E-state index in [9.17, 15) is 9.59 Å². The molecule has 0 saturated carbocycles. The zero-order valence-corrected chi connectivity index (χ0v) is 16.9. The standard InChI is InChI=1S/C25H22N2O4/c28-24(26-19-10-11-22-23(15-19)31-13-12-30-22)21(14-17-6-2-1-3-7-17)27-16-18-8-4-5-9-20(18)25(27)29/h1-11,15,21H,12-14,16H2,(H,26,28)/t21-/m0/s1. The van der Waals surface area contributed by atoms with Gasteiger partial charge in [0.1, 0.15) is 19.3 Å². The van der Waals surface area contributed by atoms with E-state index >= 15 is 0 Å². The van der Waals surface area contributed by atoms with Gasteiger partial charge in [-0.25, -0.2) is 0 Å². The lowest BCUT2D eigenvalue weighted by atomic mass is 10.0. The smallest absolute Gasteiger partial charge is 0.255 e. The van der Waals surface area contributed by atoms with Crippen molar-refractivity contribution in [3.63, 3.8) is 0 Å². The molecular formula is C25H22N2O4. The molecule has 6 heteroatoms. The van der Waals surface area contributed by atoms with E-state index in [-0.39, 0.29) is 11.8 Å². The number of carbonyl (C=O) groups is 2. The van der Waals surface area contributed by atoms with Gasteiger partial charge in [0.25, 0.3) is 5.91 Å². The van der Waals surface area contributed by atoms with Gasteiger partial charge in [0.15, 0.2) is 11.5 Å². The summed E-state index contributed by atoms with van der Waals surface area (Å²) in [6.45, 7) is 1.40. The van der Waals surface area contributed by atoms with E-state index in [1.807, 2.05) is 54.6 Å². The quantitative estimate of drug-likeness (QED) is 0.692. The molecule has 5 rings (SSSR count). The van der Waals surface area contributed by atoms with Crippen molar-refractivity contribution >= 4 is 17.5 Å². The van der Waals surface area contributed by atoms with Crippen molar-refractivity contribution in [3.8, 4) is 11.5 Å². The number of nitrogens with one attached hydrogen (secondary N) is 1. The molecule has 0 saturated heterocycles. The van der Waals surface area contributed by atoms with E-state index in [1.165, 1.54) is 0 Å². The summed E-state index contributed by atoms with van der Waals surface area (Å²) in [6.07, 6.45) is 0.428. The second-order valence-electron chi connectivity index (χ2n) is 7.64. The van der Waals surface area contributed by atoms with Gasteiger partial charge in [-0.05, 0) is 29.3 Å². The summed E-state index contributed by atoms with van der Waals surface area (Å²) in [5, 5.41) is 2.97. The first-order valence-electron chi connectivity index (χ1n) is 10.3. The molecule has 0 unspecified atom stereocenters. The molecule has 0 aliphatic carbocycles. The number of carbonyl (C=O) groups excluding carboxylic acids is 2. The third-order valence-corrected chi connectivity index (χ3v) is 5.61. The number of nitrogens with zero attached hydrogens (tertiary/aromatic N) is 1. The van der Waals surface area contributed by atoms with Crippen LogP contribution in [0.1, 0.15) is 21.5 Å². The summed E-state index contributed by atoms with van der Waals surface area (Å²) in [7, 11) is 0. The van der Waals surface area contributed by atoms with E-state index in [0.29, 0.717) is 48.9 Å². The number of hydrogen-bond donors (Lipinski definition) is 1. The lowest BCUT2D eigenvalue weighted by Gasteiger charge is -2.27. The minimum absolute atomic E-state index is 0.117. The normalized spacial score (nSPS) is 15.4. The fourth-order valence-corrected chi connectivity index (χ4v) is 4.06. The van der Waals surface area contributed by atoms with Gasteiger partial charge in [0.2, 0.25) is 5.91 Å². The number of ether oxygens (including phenoxy) is 2. The molecule has 6 nitrogen and oxygen atoms in total. The molecule has 2 amide bonds. The van der Waals surface area contributed by atoms with Crippen LogP contribution in [0.15, 0.2) is 72.8 Å². The van der Waals surface area contributed by atoms with Crippen LogP contribution in [-0.2, 0) is 17.8 Å². The van der Waals surface area contributed by atoms with E-state index in [1.54, 1.807) is 23.1 Å². The van der Waals surface area contributed by atoms with Crippen LogP contribution in [0.5, 0.6) is 11.5 Å². The molecule has 2 heterocycles. The highest BCUT2D eigenvalue weighted by molar-refractivity contribution is 6.03. The Morgan fingerprint density at radius 2 is 1.68 bits per heavy atom. The highest BCUT2D eigenvalue weighted by atomic mass is 16.6. The molecule has 1 N–H and O–H groups in total. The van der Waals surface area contributed by atoms with Crippen molar-refractivity contribution in [3.05, 3.63) is 89.5 Å². The van der Waals surface area contributed by atoms with E-state index < -0.39 is 6.04 Å². The third-order valence-electron chi connectivity index (χ3n) is 5.61. The predicted octanol–water partition coefficient (Wildman–Crippen LogP) is 3.66. The first-order valence-corrected chi connectivity index (χ1v) is 10.3. The van der Waals surface area contributed by atoms with E-state index in [2.05, 4.69) is 5.32 Å². The fraction of sp³-hybridized carbons (Fsp3) is 0.200. The van der Waals surface area contributed by atoms with Crippen LogP contribution in [0.25, 0.3) is 0 Å². The number of anilines is 1. The number of rotatable bonds is 5. The van der Waals surface area contributed by atoms with Crippen molar-refractivity contribution in [2.75, 3.05) is 18.5 Å². The Balaban J connectivity index is 1.42. The minimum Gasteiger partial charge on any atom is -0.486 e. The molecule has 0 aromatic heterocycles. The number of fused-ring (bicyclic) bond motifs is 2. The molecule has 31 heavy (non-hydrogen) atoms. The van der Waals surface area contributed by atoms with Gasteiger partial charge in [-0.15, -0.1) is 0 Å². The summed E-state index contributed by atoms with van der Waals surface area (Å²) in [5.41, 5.74) is 3.20. The highest BCUT2D eigenvalue weighted by Crippen LogP contribution is 2.33. The molecule has 3 aromatic rings. The highest BCUT2D eigenvalue weighted by Gasteiger charge is 2.36. The second kappa shape index (κ2) is 8.14. The average Bonchev–Trinajstić information content (AvgIpc) is 3.14. The van der Waals surface area contributed by atoms with Gasteiger partial charge < -0.3 is 19.7 Å². The maximum Gasteiger partial charge on any atom is 0.255 e. The molecule has 0 radical (unpaired) electrons. The summed E-state index contributed by atoms with van der Waals surface area (Å²) in [5.74, 6) is 0.916. The largest absolute Gasteiger partial charge is 0.486 e. The molecule has 0 spiro atoms. The summed E-state index contributed by atoms with van der Waals surface area (Å²) < 4.78 is 11.2. The van der Waals surface area contributed by atoms with Crippen LogP contribution < -0.4 is 14.8 Å². The van der Waals surface area contributed by atoms with Gasteiger partial charge in [0.05, 0.1) is 0 Å². The van der Waals surface area contributed by atoms with Crippen LogP contribution in [0.3, 0.4) is 0 Å². The maximum absolute atomic E-state index is 13.4. The number of hydrogen-bond acceptors (Lipinski definition) is 4. The van der Waals surface area contributed by atoms with Crippen molar-refractivity contribution in [2.24, 2.45) is 0 Å². The SMILES string of the molecule is O=C(Nc1ccc2c(c1)OCCO2)[C@H](Cc1ccccc1)N1Cc2ccccc2C1=O. The first-order chi connectivity index (χ1) is 15.2. The molecule has 0 bridgehead atoms. The average molecular weight is 414 g/mol. The monoisotopic (exact) mass is 414 g/mol. The van der Waals surface area contributed by atoms with Crippen LogP contribution in [0, 0.1) is 0 Å². The van der Waals surface area contributed by atoms with Crippen molar-refractivity contribution in [1.82, 2.24) is 4.90 Å².